The van der Waals surface area contributed by atoms with Crippen LogP contribution in [-0.4, -0.2) is 24.8 Å². The lowest BCUT2D eigenvalue weighted by Crippen LogP contribution is -2.50. The van der Waals surface area contributed by atoms with E-state index < -0.39 is 0 Å². The summed E-state index contributed by atoms with van der Waals surface area (Å²) in [7, 11) is 0. The van der Waals surface area contributed by atoms with E-state index in [4.69, 9.17) is 4.74 Å². The Hall–Kier alpha value is -0.930. The number of aryl methyl sites for hydroxylation is 1. The first-order valence-corrected chi connectivity index (χ1v) is 7.53. The van der Waals surface area contributed by atoms with Crippen molar-refractivity contribution in [3.05, 3.63) is 35.1 Å². The molecule has 1 aromatic carbocycles. The number of ether oxygens (including phenoxy) is 1. The Morgan fingerprint density at radius 1 is 1.30 bits per heavy atom. The fourth-order valence-electron chi connectivity index (χ4n) is 2.46. The minimum Gasteiger partial charge on any atom is -0.374 e. The quantitative estimate of drug-likeness (QED) is 0.781. The number of nitrogens with one attached hydrogen (secondary N) is 1. The van der Waals surface area contributed by atoms with Crippen LogP contribution in [0.3, 0.4) is 0 Å². The van der Waals surface area contributed by atoms with Crippen LogP contribution in [0, 0.1) is 12.7 Å². The van der Waals surface area contributed by atoms with Gasteiger partial charge < -0.3 is 10.1 Å². The van der Waals surface area contributed by atoms with E-state index in [0.717, 1.165) is 24.9 Å². The Bertz CT molecular complexity index is 417. The van der Waals surface area contributed by atoms with Crippen molar-refractivity contribution >= 4 is 0 Å². The second-order valence-corrected chi connectivity index (χ2v) is 5.82. The minimum absolute atomic E-state index is 0.173. The summed E-state index contributed by atoms with van der Waals surface area (Å²) in [5, 5.41) is 3.57. The number of benzene rings is 1. The summed E-state index contributed by atoms with van der Waals surface area (Å²) in [5.74, 6) is -0.173. The topological polar surface area (TPSA) is 21.3 Å². The SMILES string of the molecule is CCCNC(Cc1ccc(F)cc1C)C(C)(C)OCC. The van der Waals surface area contributed by atoms with Crippen molar-refractivity contribution in [1.82, 2.24) is 5.32 Å². The number of hydrogen-bond acceptors (Lipinski definition) is 2. The van der Waals surface area contributed by atoms with Gasteiger partial charge in [-0.05, 0) is 70.3 Å². The van der Waals surface area contributed by atoms with Crippen molar-refractivity contribution in [2.45, 2.75) is 59.1 Å². The summed E-state index contributed by atoms with van der Waals surface area (Å²) in [5.41, 5.74) is 1.93. The lowest BCUT2D eigenvalue weighted by Gasteiger charge is -2.35. The van der Waals surface area contributed by atoms with Gasteiger partial charge in [-0.25, -0.2) is 4.39 Å². The molecule has 0 radical (unpaired) electrons. The lowest BCUT2D eigenvalue weighted by atomic mass is 9.90. The van der Waals surface area contributed by atoms with Crippen molar-refractivity contribution in [1.29, 1.82) is 0 Å². The molecule has 0 aliphatic heterocycles. The van der Waals surface area contributed by atoms with Crippen LogP contribution in [0.1, 0.15) is 45.2 Å². The van der Waals surface area contributed by atoms with Crippen molar-refractivity contribution in [3.8, 4) is 0 Å². The zero-order chi connectivity index (χ0) is 15.2. The molecule has 2 nitrogen and oxygen atoms in total. The highest BCUT2D eigenvalue weighted by Crippen LogP contribution is 2.21. The average molecular weight is 281 g/mol. The Balaban J connectivity index is 2.88. The molecule has 1 unspecified atom stereocenters. The molecule has 0 fully saturated rings. The maximum absolute atomic E-state index is 13.2. The highest BCUT2D eigenvalue weighted by atomic mass is 19.1. The van der Waals surface area contributed by atoms with Crippen LogP contribution in [0.4, 0.5) is 4.39 Å². The van der Waals surface area contributed by atoms with Gasteiger partial charge in [0.05, 0.1) is 5.60 Å². The van der Waals surface area contributed by atoms with Crippen LogP contribution in [0.5, 0.6) is 0 Å². The zero-order valence-electron chi connectivity index (χ0n) is 13.4. The number of rotatable bonds is 8. The van der Waals surface area contributed by atoms with Gasteiger partial charge in [0.1, 0.15) is 5.82 Å². The van der Waals surface area contributed by atoms with E-state index in [1.165, 1.54) is 11.6 Å². The highest BCUT2D eigenvalue weighted by Gasteiger charge is 2.29. The van der Waals surface area contributed by atoms with Gasteiger partial charge >= 0.3 is 0 Å². The Kier molecular flexibility index (Phi) is 6.63. The van der Waals surface area contributed by atoms with E-state index in [0.29, 0.717) is 6.61 Å². The molecule has 0 amide bonds. The summed E-state index contributed by atoms with van der Waals surface area (Å²) < 4.78 is 19.1. The van der Waals surface area contributed by atoms with Gasteiger partial charge in [0, 0.05) is 12.6 Å². The van der Waals surface area contributed by atoms with Gasteiger partial charge in [-0.3, -0.25) is 0 Å². The van der Waals surface area contributed by atoms with Gasteiger partial charge in [0.15, 0.2) is 0 Å². The molecule has 0 aliphatic rings. The predicted molar refractivity (Wildman–Crippen MR) is 82.6 cm³/mol. The third-order valence-corrected chi connectivity index (χ3v) is 3.72. The third kappa shape index (κ3) is 4.88. The molecule has 0 bridgehead atoms. The van der Waals surface area contributed by atoms with Crippen molar-refractivity contribution in [2.24, 2.45) is 0 Å². The van der Waals surface area contributed by atoms with Crippen LogP contribution < -0.4 is 5.32 Å². The first-order valence-electron chi connectivity index (χ1n) is 7.53. The largest absolute Gasteiger partial charge is 0.374 e. The molecule has 0 aromatic heterocycles. The Morgan fingerprint density at radius 3 is 2.55 bits per heavy atom. The average Bonchev–Trinajstić information content (AvgIpc) is 2.36. The second-order valence-electron chi connectivity index (χ2n) is 5.82. The monoisotopic (exact) mass is 281 g/mol. The fraction of sp³-hybridized carbons (Fsp3) is 0.647. The zero-order valence-corrected chi connectivity index (χ0v) is 13.4. The van der Waals surface area contributed by atoms with Crippen molar-refractivity contribution < 1.29 is 9.13 Å². The maximum Gasteiger partial charge on any atom is 0.123 e. The normalized spacial score (nSPS) is 13.5. The van der Waals surface area contributed by atoms with Gasteiger partial charge in [-0.2, -0.15) is 0 Å². The molecule has 0 saturated carbocycles. The Morgan fingerprint density at radius 2 is 2.00 bits per heavy atom. The molecule has 1 N–H and O–H groups in total. The predicted octanol–water partition coefficient (Wildman–Crippen LogP) is 3.86. The Labute approximate surface area is 122 Å². The molecule has 1 aromatic rings. The fourth-order valence-corrected chi connectivity index (χ4v) is 2.46. The maximum atomic E-state index is 13.2. The van der Waals surface area contributed by atoms with Crippen LogP contribution in [0.2, 0.25) is 0 Å². The molecular formula is C17H28FNO. The van der Waals surface area contributed by atoms with E-state index in [2.05, 4.69) is 26.1 Å². The standard InChI is InChI=1S/C17H28FNO/c1-6-10-19-16(17(4,5)20-7-2)12-14-8-9-15(18)11-13(14)3/h8-9,11,16,19H,6-7,10,12H2,1-5H3. The highest BCUT2D eigenvalue weighted by molar-refractivity contribution is 5.27. The molecule has 3 heteroatoms. The molecule has 114 valence electrons. The van der Waals surface area contributed by atoms with E-state index in [1.54, 1.807) is 6.07 Å². The molecule has 1 atom stereocenters. The van der Waals surface area contributed by atoms with Crippen LogP contribution in [0.25, 0.3) is 0 Å². The van der Waals surface area contributed by atoms with E-state index in [-0.39, 0.29) is 17.5 Å². The molecule has 0 heterocycles. The van der Waals surface area contributed by atoms with Gasteiger partial charge in [-0.15, -0.1) is 0 Å². The summed E-state index contributed by atoms with van der Waals surface area (Å²) in [6, 6.07) is 5.23. The van der Waals surface area contributed by atoms with E-state index in [9.17, 15) is 4.39 Å². The summed E-state index contributed by atoms with van der Waals surface area (Å²) >= 11 is 0. The number of halogens is 1. The minimum atomic E-state index is -0.245. The summed E-state index contributed by atoms with van der Waals surface area (Å²) in [6.45, 7) is 12.0. The second kappa shape index (κ2) is 7.75. The molecule has 0 spiro atoms. The number of hydrogen-bond donors (Lipinski definition) is 1. The van der Waals surface area contributed by atoms with Crippen LogP contribution in [0.15, 0.2) is 18.2 Å². The summed E-state index contributed by atoms with van der Waals surface area (Å²) in [6.07, 6.45) is 1.93. The molecule has 20 heavy (non-hydrogen) atoms. The first-order chi connectivity index (χ1) is 9.40. The van der Waals surface area contributed by atoms with Gasteiger partial charge in [-0.1, -0.05) is 13.0 Å². The van der Waals surface area contributed by atoms with E-state index in [1.807, 2.05) is 19.9 Å². The molecule has 0 aliphatic carbocycles. The molecule has 0 saturated heterocycles. The molecular weight excluding hydrogens is 253 g/mol. The third-order valence-electron chi connectivity index (χ3n) is 3.72. The summed E-state index contributed by atoms with van der Waals surface area (Å²) in [4.78, 5) is 0. The lowest BCUT2D eigenvalue weighted by molar-refractivity contribution is -0.0380. The van der Waals surface area contributed by atoms with Crippen molar-refractivity contribution in [3.63, 3.8) is 0 Å². The van der Waals surface area contributed by atoms with Crippen molar-refractivity contribution in [2.75, 3.05) is 13.2 Å². The smallest absolute Gasteiger partial charge is 0.123 e. The van der Waals surface area contributed by atoms with Crippen LogP contribution >= 0.6 is 0 Å². The first kappa shape index (κ1) is 17.1. The van der Waals surface area contributed by atoms with Crippen LogP contribution in [-0.2, 0) is 11.2 Å². The van der Waals surface area contributed by atoms with Gasteiger partial charge in [0.2, 0.25) is 0 Å². The van der Waals surface area contributed by atoms with Gasteiger partial charge in [0.25, 0.3) is 0 Å². The van der Waals surface area contributed by atoms with E-state index >= 15 is 0 Å². The molecule has 1 rings (SSSR count).